The minimum Gasteiger partial charge on any atom is -0.348 e. The number of rotatable bonds is 5. The van der Waals surface area contributed by atoms with Crippen molar-refractivity contribution in [1.29, 1.82) is 0 Å². The summed E-state index contributed by atoms with van der Waals surface area (Å²) in [5.41, 5.74) is 6.31. The first-order chi connectivity index (χ1) is 11.6. The van der Waals surface area contributed by atoms with Crippen LogP contribution in [0.3, 0.4) is 0 Å². The normalized spacial score (nSPS) is 20.0. The standard InChI is InChI=1S/C15H18N6O3/c16-8-10-3-1-6-13(10)17-15(22)14-9-20(19-18-14)11-4-2-5-12(7-11)21(23)24/h2,4-5,7,9-10,13H,1,3,6,8,16H2,(H,17,22). The maximum Gasteiger partial charge on any atom is 0.273 e. The average Bonchev–Trinajstić information content (AvgIpc) is 3.24. The van der Waals surface area contributed by atoms with Gasteiger partial charge in [-0.25, -0.2) is 4.68 Å². The molecule has 0 aliphatic heterocycles. The van der Waals surface area contributed by atoms with Crippen LogP contribution < -0.4 is 11.1 Å². The van der Waals surface area contributed by atoms with E-state index in [1.807, 2.05) is 0 Å². The number of hydrogen-bond donors (Lipinski definition) is 2. The molecule has 0 radical (unpaired) electrons. The molecule has 1 fully saturated rings. The summed E-state index contributed by atoms with van der Waals surface area (Å²) in [7, 11) is 0. The van der Waals surface area contributed by atoms with Crippen LogP contribution in [0.4, 0.5) is 5.69 Å². The fraction of sp³-hybridized carbons (Fsp3) is 0.400. The summed E-state index contributed by atoms with van der Waals surface area (Å²) in [6.45, 7) is 0.547. The third-order valence-corrected chi connectivity index (χ3v) is 4.31. The second-order valence-electron chi connectivity index (χ2n) is 5.83. The highest BCUT2D eigenvalue weighted by molar-refractivity contribution is 5.92. The molecule has 1 aromatic heterocycles. The number of aromatic nitrogens is 3. The molecule has 0 spiro atoms. The molecule has 1 saturated carbocycles. The van der Waals surface area contributed by atoms with Gasteiger partial charge in [0.2, 0.25) is 0 Å². The first kappa shape index (κ1) is 16.1. The fourth-order valence-corrected chi connectivity index (χ4v) is 2.99. The lowest BCUT2D eigenvalue weighted by molar-refractivity contribution is -0.384. The highest BCUT2D eigenvalue weighted by atomic mass is 16.6. The minimum absolute atomic E-state index is 0.0502. The van der Waals surface area contributed by atoms with Crippen LogP contribution in [0.25, 0.3) is 5.69 Å². The second kappa shape index (κ2) is 6.75. The van der Waals surface area contributed by atoms with E-state index in [1.165, 1.54) is 23.0 Å². The number of non-ortho nitro benzene ring substituents is 1. The number of hydrogen-bond acceptors (Lipinski definition) is 6. The van der Waals surface area contributed by atoms with E-state index in [9.17, 15) is 14.9 Å². The third-order valence-electron chi connectivity index (χ3n) is 4.31. The Bertz CT molecular complexity index is 759. The van der Waals surface area contributed by atoms with E-state index in [0.717, 1.165) is 19.3 Å². The van der Waals surface area contributed by atoms with Crippen molar-refractivity contribution in [2.75, 3.05) is 6.54 Å². The highest BCUT2D eigenvalue weighted by Crippen LogP contribution is 2.24. The lowest BCUT2D eigenvalue weighted by Crippen LogP contribution is -2.40. The summed E-state index contributed by atoms with van der Waals surface area (Å²) in [4.78, 5) is 22.7. The molecule has 1 heterocycles. The van der Waals surface area contributed by atoms with Crippen LogP contribution in [-0.2, 0) is 0 Å². The predicted octanol–water partition coefficient (Wildman–Crippen LogP) is 1.03. The van der Waals surface area contributed by atoms with Crippen molar-refractivity contribution in [3.05, 3.63) is 46.3 Å². The Morgan fingerprint density at radius 3 is 3.04 bits per heavy atom. The number of nitrogens with one attached hydrogen (secondary N) is 1. The summed E-state index contributed by atoms with van der Waals surface area (Å²) in [6.07, 6.45) is 4.43. The van der Waals surface area contributed by atoms with Crippen LogP contribution in [0.5, 0.6) is 0 Å². The maximum absolute atomic E-state index is 12.3. The zero-order valence-corrected chi connectivity index (χ0v) is 13.0. The predicted molar refractivity (Wildman–Crippen MR) is 85.7 cm³/mol. The average molecular weight is 330 g/mol. The van der Waals surface area contributed by atoms with Gasteiger partial charge < -0.3 is 11.1 Å². The minimum atomic E-state index is -0.485. The summed E-state index contributed by atoms with van der Waals surface area (Å²) in [6, 6.07) is 6.04. The van der Waals surface area contributed by atoms with Gasteiger partial charge in [-0.15, -0.1) is 5.10 Å². The number of amides is 1. The Morgan fingerprint density at radius 1 is 1.46 bits per heavy atom. The Morgan fingerprint density at radius 2 is 2.29 bits per heavy atom. The van der Waals surface area contributed by atoms with E-state index in [0.29, 0.717) is 18.2 Å². The lowest BCUT2D eigenvalue weighted by atomic mass is 10.0. The molecule has 2 atom stereocenters. The lowest BCUT2D eigenvalue weighted by Gasteiger charge is -2.18. The molecule has 126 valence electrons. The van der Waals surface area contributed by atoms with Gasteiger partial charge in [-0.05, 0) is 31.4 Å². The first-order valence-corrected chi connectivity index (χ1v) is 7.76. The van der Waals surface area contributed by atoms with Crippen molar-refractivity contribution in [2.24, 2.45) is 11.7 Å². The molecule has 1 aliphatic rings. The molecule has 1 aliphatic carbocycles. The van der Waals surface area contributed by atoms with Crippen LogP contribution >= 0.6 is 0 Å². The van der Waals surface area contributed by atoms with Crippen LogP contribution in [-0.4, -0.2) is 38.4 Å². The molecular formula is C15H18N6O3. The fourth-order valence-electron chi connectivity index (χ4n) is 2.99. The zero-order valence-electron chi connectivity index (χ0n) is 13.0. The second-order valence-corrected chi connectivity index (χ2v) is 5.83. The van der Waals surface area contributed by atoms with Crippen LogP contribution in [0.1, 0.15) is 29.8 Å². The number of carbonyl (C=O) groups excluding carboxylic acids is 1. The maximum atomic E-state index is 12.3. The Kier molecular flexibility index (Phi) is 4.52. The molecule has 1 aromatic carbocycles. The number of nitrogens with two attached hydrogens (primary N) is 1. The number of nitro groups is 1. The van der Waals surface area contributed by atoms with Gasteiger partial charge in [-0.3, -0.25) is 14.9 Å². The summed E-state index contributed by atoms with van der Waals surface area (Å²) >= 11 is 0. The molecule has 9 heteroatoms. The molecule has 24 heavy (non-hydrogen) atoms. The summed E-state index contributed by atoms with van der Waals surface area (Å²) < 4.78 is 1.34. The molecule has 3 N–H and O–H groups in total. The quantitative estimate of drug-likeness (QED) is 0.622. The third kappa shape index (κ3) is 3.25. The topological polar surface area (TPSA) is 129 Å². The van der Waals surface area contributed by atoms with Crippen molar-refractivity contribution in [2.45, 2.75) is 25.3 Å². The molecule has 3 rings (SSSR count). The first-order valence-electron chi connectivity index (χ1n) is 7.76. The van der Waals surface area contributed by atoms with Crippen molar-refractivity contribution >= 4 is 11.6 Å². The van der Waals surface area contributed by atoms with Gasteiger partial charge in [0.15, 0.2) is 5.69 Å². The molecule has 1 amide bonds. The largest absolute Gasteiger partial charge is 0.348 e. The van der Waals surface area contributed by atoms with Crippen molar-refractivity contribution in [1.82, 2.24) is 20.3 Å². The Labute approximate surface area is 138 Å². The van der Waals surface area contributed by atoms with E-state index in [1.54, 1.807) is 12.1 Å². The van der Waals surface area contributed by atoms with Gasteiger partial charge in [0.25, 0.3) is 11.6 Å². The Balaban J connectivity index is 1.74. The number of nitro benzene ring substituents is 1. The van der Waals surface area contributed by atoms with Crippen molar-refractivity contribution in [3.63, 3.8) is 0 Å². The van der Waals surface area contributed by atoms with E-state index < -0.39 is 4.92 Å². The summed E-state index contributed by atoms with van der Waals surface area (Å²) in [5, 5.41) is 21.5. The van der Waals surface area contributed by atoms with Gasteiger partial charge >= 0.3 is 0 Å². The van der Waals surface area contributed by atoms with E-state index in [2.05, 4.69) is 15.6 Å². The van der Waals surface area contributed by atoms with Crippen LogP contribution in [0, 0.1) is 16.0 Å². The number of carbonyl (C=O) groups is 1. The monoisotopic (exact) mass is 330 g/mol. The SMILES string of the molecule is NCC1CCCC1NC(=O)c1cn(-c2cccc([N+](=O)[O-])c2)nn1. The van der Waals surface area contributed by atoms with E-state index in [-0.39, 0.29) is 23.3 Å². The van der Waals surface area contributed by atoms with Gasteiger partial charge in [0.05, 0.1) is 16.8 Å². The molecule has 2 unspecified atom stereocenters. The molecular weight excluding hydrogens is 312 g/mol. The number of benzene rings is 1. The van der Waals surface area contributed by atoms with Gasteiger partial charge in [-0.1, -0.05) is 17.7 Å². The molecule has 0 saturated heterocycles. The van der Waals surface area contributed by atoms with Gasteiger partial charge in [0, 0.05) is 18.2 Å². The van der Waals surface area contributed by atoms with Crippen LogP contribution in [0.2, 0.25) is 0 Å². The number of nitrogens with zero attached hydrogens (tertiary/aromatic N) is 4. The van der Waals surface area contributed by atoms with Gasteiger partial charge in [-0.2, -0.15) is 0 Å². The van der Waals surface area contributed by atoms with Crippen LogP contribution in [0.15, 0.2) is 30.5 Å². The summed E-state index contributed by atoms with van der Waals surface area (Å²) in [5.74, 6) is -0.0159. The van der Waals surface area contributed by atoms with E-state index in [4.69, 9.17) is 5.73 Å². The van der Waals surface area contributed by atoms with Gasteiger partial charge in [0.1, 0.15) is 0 Å². The van der Waals surface area contributed by atoms with E-state index >= 15 is 0 Å². The smallest absolute Gasteiger partial charge is 0.273 e. The Hall–Kier alpha value is -2.81. The van der Waals surface area contributed by atoms with Crippen molar-refractivity contribution in [3.8, 4) is 5.69 Å². The molecule has 9 nitrogen and oxygen atoms in total. The van der Waals surface area contributed by atoms with Crippen molar-refractivity contribution < 1.29 is 9.72 Å². The highest BCUT2D eigenvalue weighted by Gasteiger charge is 2.28. The molecule has 2 aromatic rings. The zero-order chi connectivity index (χ0) is 17.1. The molecule has 0 bridgehead atoms.